The molecule has 0 bridgehead atoms. The Morgan fingerprint density at radius 1 is 1.11 bits per heavy atom. The summed E-state index contributed by atoms with van der Waals surface area (Å²) in [6, 6.07) is 5.25. The average molecular weight is 285 g/mol. The fourth-order valence-electron chi connectivity index (χ4n) is 1.67. The van der Waals surface area contributed by atoms with Gasteiger partial charge in [-0.3, -0.25) is 4.79 Å². The first kappa shape index (κ1) is 13.6. The SMILES string of the molecule is Cc1ccc(F)c(C(=O)c2ccc(F)cc2Cl)c1F. The number of hydrogen-bond acceptors (Lipinski definition) is 1. The quantitative estimate of drug-likeness (QED) is 0.752. The van der Waals surface area contributed by atoms with Crippen molar-refractivity contribution in [1.29, 1.82) is 0 Å². The van der Waals surface area contributed by atoms with Crippen LogP contribution in [0.15, 0.2) is 30.3 Å². The van der Waals surface area contributed by atoms with E-state index < -0.39 is 28.8 Å². The van der Waals surface area contributed by atoms with Crippen LogP contribution in [-0.2, 0) is 0 Å². The van der Waals surface area contributed by atoms with Crippen molar-refractivity contribution in [3.8, 4) is 0 Å². The highest BCUT2D eigenvalue weighted by atomic mass is 35.5. The minimum absolute atomic E-state index is 0.142. The van der Waals surface area contributed by atoms with E-state index in [1.165, 1.54) is 13.0 Å². The summed E-state index contributed by atoms with van der Waals surface area (Å²) < 4.78 is 40.3. The fraction of sp³-hybridized carbons (Fsp3) is 0.0714. The highest BCUT2D eigenvalue weighted by Crippen LogP contribution is 2.24. The lowest BCUT2D eigenvalue weighted by Crippen LogP contribution is -2.09. The molecule has 98 valence electrons. The largest absolute Gasteiger partial charge is 0.288 e. The molecule has 2 rings (SSSR count). The van der Waals surface area contributed by atoms with E-state index in [9.17, 15) is 18.0 Å². The number of ketones is 1. The van der Waals surface area contributed by atoms with Gasteiger partial charge in [0.25, 0.3) is 0 Å². The molecule has 0 aliphatic carbocycles. The van der Waals surface area contributed by atoms with Gasteiger partial charge in [0, 0.05) is 5.56 Å². The number of aryl methyl sites for hydroxylation is 1. The second-order valence-corrected chi connectivity index (χ2v) is 4.41. The minimum Gasteiger partial charge on any atom is -0.288 e. The van der Waals surface area contributed by atoms with E-state index in [2.05, 4.69) is 0 Å². The van der Waals surface area contributed by atoms with Gasteiger partial charge < -0.3 is 0 Å². The van der Waals surface area contributed by atoms with Gasteiger partial charge in [0.05, 0.1) is 10.6 Å². The summed E-state index contributed by atoms with van der Waals surface area (Å²) in [4.78, 5) is 12.1. The van der Waals surface area contributed by atoms with Gasteiger partial charge in [0.1, 0.15) is 17.5 Å². The Balaban J connectivity index is 2.59. The normalized spacial score (nSPS) is 10.6. The number of carbonyl (C=O) groups is 1. The van der Waals surface area contributed by atoms with Crippen molar-refractivity contribution in [3.05, 3.63) is 69.5 Å². The molecule has 0 atom stereocenters. The molecule has 2 aromatic rings. The maximum atomic E-state index is 13.8. The van der Waals surface area contributed by atoms with Gasteiger partial charge in [-0.15, -0.1) is 0 Å². The van der Waals surface area contributed by atoms with E-state index in [0.29, 0.717) is 0 Å². The van der Waals surface area contributed by atoms with Crippen molar-refractivity contribution in [1.82, 2.24) is 0 Å². The molecule has 0 saturated heterocycles. The first-order valence-electron chi connectivity index (χ1n) is 5.36. The number of benzene rings is 2. The Labute approximate surface area is 112 Å². The van der Waals surface area contributed by atoms with E-state index in [4.69, 9.17) is 11.6 Å². The van der Waals surface area contributed by atoms with Gasteiger partial charge in [-0.25, -0.2) is 13.2 Å². The lowest BCUT2D eigenvalue weighted by atomic mass is 10.00. The Hall–Kier alpha value is -1.81. The van der Waals surface area contributed by atoms with Crippen molar-refractivity contribution in [2.45, 2.75) is 6.92 Å². The molecular formula is C14H8ClF3O. The Morgan fingerprint density at radius 2 is 1.79 bits per heavy atom. The van der Waals surface area contributed by atoms with Crippen molar-refractivity contribution < 1.29 is 18.0 Å². The van der Waals surface area contributed by atoms with E-state index in [-0.39, 0.29) is 16.1 Å². The Morgan fingerprint density at radius 3 is 2.42 bits per heavy atom. The summed E-state index contributed by atoms with van der Waals surface area (Å²) in [5.41, 5.74) is -0.692. The van der Waals surface area contributed by atoms with Crippen molar-refractivity contribution >= 4 is 17.4 Å². The molecule has 0 aliphatic rings. The van der Waals surface area contributed by atoms with E-state index in [1.807, 2.05) is 0 Å². The molecule has 0 saturated carbocycles. The van der Waals surface area contributed by atoms with Crippen LogP contribution in [0, 0.1) is 24.4 Å². The summed E-state index contributed by atoms with van der Waals surface area (Å²) in [5.74, 6) is -3.46. The zero-order valence-electron chi connectivity index (χ0n) is 9.81. The lowest BCUT2D eigenvalue weighted by molar-refractivity contribution is 0.103. The summed E-state index contributed by atoms with van der Waals surface area (Å²) in [6.07, 6.45) is 0. The summed E-state index contributed by atoms with van der Waals surface area (Å²) in [6.45, 7) is 1.41. The number of carbonyl (C=O) groups excluding carboxylic acids is 1. The predicted octanol–water partition coefficient (Wildman–Crippen LogP) is 4.30. The lowest BCUT2D eigenvalue weighted by Gasteiger charge is -2.08. The molecule has 0 aromatic heterocycles. The molecule has 5 heteroatoms. The monoisotopic (exact) mass is 284 g/mol. The van der Waals surface area contributed by atoms with Crippen molar-refractivity contribution in [3.63, 3.8) is 0 Å². The van der Waals surface area contributed by atoms with E-state index in [1.54, 1.807) is 0 Å². The molecule has 0 fully saturated rings. The summed E-state index contributed by atoms with van der Waals surface area (Å²) >= 11 is 5.71. The second-order valence-electron chi connectivity index (χ2n) is 4.01. The standard InChI is InChI=1S/C14H8ClF3O/c1-7-2-5-11(17)12(13(7)18)14(19)9-4-3-8(16)6-10(9)15/h2-6H,1H3. The summed E-state index contributed by atoms with van der Waals surface area (Å²) in [7, 11) is 0. The van der Waals surface area contributed by atoms with E-state index in [0.717, 1.165) is 24.3 Å². The predicted molar refractivity (Wildman–Crippen MR) is 65.9 cm³/mol. The number of hydrogen-bond donors (Lipinski definition) is 0. The molecular weight excluding hydrogens is 277 g/mol. The van der Waals surface area contributed by atoms with Gasteiger partial charge in [0.15, 0.2) is 5.78 Å². The maximum absolute atomic E-state index is 13.8. The zero-order chi connectivity index (χ0) is 14.2. The van der Waals surface area contributed by atoms with E-state index >= 15 is 0 Å². The first-order valence-corrected chi connectivity index (χ1v) is 5.74. The third-order valence-corrected chi connectivity index (χ3v) is 3.00. The van der Waals surface area contributed by atoms with Gasteiger partial charge in [-0.05, 0) is 36.8 Å². The number of halogens is 4. The van der Waals surface area contributed by atoms with Crippen molar-refractivity contribution in [2.24, 2.45) is 0 Å². The van der Waals surface area contributed by atoms with Crippen molar-refractivity contribution in [2.75, 3.05) is 0 Å². The van der Waals surface area contributed by atoms with Crippen LogP contribution in [0.1, 0.15) is 21.5 Å². The van der Waals surface area contributed by atoms with Gasteiger partial charge in [-0.1, -0.05) is 17.7 Å². The van der Waals surface area contributed by atoms with Crippen LogP contribution in [0.3, 0.4) is 0 Å². The summed E-state index contributed by atoms with van der Waals surface area (Å²) in [5, 5.41) is -0.190. The van der Waals surface area contributed by atoms with Crippen LogP contribution in [0.2, 0.25) is 5.02 Å². The second kappa shape index (κ2) is 5.05. The third kappa shape index (κ3) is 2.49. The van der Waals surface area contributed by atoms with Gasteiger partial charge >= 0.3 is 0 Å². The van der Waals surface area contributed by atoms with Gasteiger partial charge in [-0.2, -0.15) is 0 Å². The molecule has 0 unspecified atom stereocenters. The molecule has 0 radical (unpaired) electrons. The maximum Gasteiger partial charge on any atom is 0.200 e. The van der Waals surface area contributed by atoms with Crippen LogP contribution in [-0.4, -0.2) is 5.78 Å². The third-order valence-electron chi connectivity index (χ3n) is 2.69. The topological polar surface area (TPSA) is 17.1 Å². The Kier molecular flexibility index (Phi) is 3.62. The first-order chi connectivity index (χ1) is 8.91. The molecule has 0 amide bonds. The highest BCUT2D eigenvalue weighted by Gasteiger charge is 2.22. The van der Waals surface area contributed by atoms with Crippen LogP contribution >= 0.6 is 11.6 Å². The molecule has 0 heterocycles. The molecule has 19 heavy (non-hydrogen) atoms. The van der Waals surface area contributed by atoms with Crippen LogP contribution in [0.4, 0.5) is 13.2 Å². The van der Waals surface area contributed by atoms with Crippen LogP contribution in [0.25, 0.3) is 0 Å². The zero-order valence-corrected chi connectivity index (χ0v) is 10.6. The number of rotatable bonds is 2. The average Bonchev–Trinajstić information content (AvgIpc) is 2.34. The fourth-order valence-corrected chi connectivity index (χ4v) is 1.93. The molecule has 0 N–H and O–H groups in total. The molecule has 2 aromatic carbocycles. The molecule has 0 spiro atoms. The smallest absolute Gasteiger partial charge is 0.200 e. The molecule has 0 aliphatic heterocycles. The van der Waals surface area contributed by atoms with Crippen LogP contribution < -0.4 is 0 Å². The highest BCUT2D eigenvalue weighted by molar-refractivity contribution is 6.35. The minimum atomic E-state index is -0.978. The van der Waals surface area contributed by atoms with Crippen LogP contribution in [0.5, 0.6) is 0 Å². The molecule has 1 nitrogen and oxygen atoms in total. The van der Waals surface area contributed by atoms with Gasteiger partial charge in [0.2, 0.25) is 0 Å². The Bertz CT molecular complexity index is 668.